The Morgan fingerprint density at radius 1 is 1.24 bits per heavy atom. The predicted octanol–water partition coefficient (Wildman–Crippen LogP) is 4.26. The SMILES string of the molecule is CCOc1ccccc1NC(=O)/C=C/c1cc(OC)c(OC(F)F)cc1[N+](=O)[O-]. The van der Waals surface area contributed by atoms with Gasteiger partial charge in [0.05, 0.1) is 36.0 Å². The van der Waals surface area contributed by atoms with Crippen molar-refractivity contribution in [2.24, 2.45) is 0 Å². The summed E-state index contributed by atoms with van der Waals surface area (Å²) in [5.74, 6) is -0.727. The second kappa shape index (κ2) is 10.0. The summed E-state index contributed by atoms with van der Waals surface area (Å²) in [6.45, 7) is -0.977. The van der Waals surface area contributed by atoms with Gasteiger partial charge in [-0.15, -0.1) is 0 Å². The molecule has 0 atom stereocenters. The Morgan fingerprint density at radius 2 is 1.97 bits per heavy atom. The number of hydrogen-bond acceptors (Lipinski definition) is 6. The molecule has 0 aliphatic heterocycles. The molecule has 0 fully saturated rings. The quantitative estimate of drug-likeness (QED) is 0.378. The van der Waals surface area contributed by atoms with Crippen LogP contribution in [0.1, 0.15) is 12.5 Å². The van der Waals surface area contributed by atoms with E-state index < -0.39 is 28.9 Å². The third-order valence-corrected chi connectivity index (χ3v) is 3.58. The maximum absolute atomic E-state index is 12.5. The molecule has 8 nitrogen and oxygen atoms in total. The second-order valence-corrected chi connectivity index (χ2v) is 5.45. The molecule has 10 heteroatoms. The number of halogens is 2. The molecule has 0 radical (unpaired) electrons. The van der Waals surface area contributed by atoms with Crippen molar-refractivity contribution in [1.82, 2.24) is 0 Å². The number of anilines is 1. The lowest BCUT2D eigenvalue weighted by atomic mass is 10.1. The van der Waals surface area contributed by atoms with Crippen LogP contribution in [-0.2, 0) is 4.79 Å². The van der Waals surface area contributed by atoms with Crippen molar-refractivity contribution in [3.8, 4) is 17.2 Å². The number of nitro benzene ring substituents is 1. The molecule has 0 spiro atoms. The van der Waals surface area contributed by atoms with Crippen molar-refractivity contribution in [2.75, 3.05) is 19.0 Å². The van der Waals surface area contributed by atoms with Gasteiger partial charge in [0.25, 0.3) is 5.69 Å². The van der Waals surface area contributed by atoms with Crippen LogP contribution in [0, 0.1) is 10.1 Å². The Kier molecular flexibility index (Phi) is 7.47. The van der Waals surface area contributed by atoms with Crippen molar-refractivity contribution < 1.29 is 32.7 Å². The first-order chi connectivity index (χ1) is 13.8. The van der Waals surface area contributed by atoms with Crippen molar-refractivity contribution >= 4 is 23.4 Å². The van der Waals surface area contributed by atoms with Crippen LogP contribution in [0.15, 0.2) is 42.5 Å². The van der Waals surface area contributed by atoms with E-state index in [2.05, 4.69) is 10.1 Å². The van der Waals surface area contributed by atoms with Gasteiger partial charge in [0.2, 0.25) is 5.91 Å². The summed E-state index contributed by atoms with van der Waals surface area (Å²) in [5, 5.41) is 13.9. The van der Waals surface area contributed by atoms with Crippen LogP contribution < -0.4 is 19.5 Å². The molecule has 0 bridgehead atoms. The van der Waals surface area contributed by atoms with E-state index in [1.807, 2.05) is 0 Å². The molecule has 0 unspecified atom stereocenters. The number of methoxy groups -OCH3 is 1. The van der Waals surface area contributed by atoms with Crippen molar-refractivity contribution in [2.45, 2.75) is 13.5 Å². The maximum Gasteiger partial charge on any atom is 0.387 e. The number of nitro groups is 1. The predicted molar refractivity (Wildman–Crippen MR) is 102 cm³/mol. The standard InChI is InChI=1S/C19H18F2N2O6/c1-3-28-15-7-5-4-6-13(15)22-18(24)9-8-12-10-16(27-2)17(29-19(20)21)11-14(12)23(25)26/h4-11,19H,3H2,1-2H3,(H,22,24)/b9-8+. The van der Waals surface area contributed by atoms with Gasteiger partial charge in [-0.25, -0.2) is 0 Å². The fraction of sp³-hybridized carbons (Fsp3) is 0.211. The van der Waals surface area contributed by atoms with Crippen LogP contribution in [-0.4, -0.2) is 31.2 Å². The summed E-state index contributed by atoms with van der Waals surface area (Å²) >= 11 is 0. The molecule has 0 heterocycles. The summed E-state index contributed by atoms with van der Waals surface area (Å²) in [6.07, 6.45) is 2.24. The summed E-state index contributed by atoms with van der Waals surface area (Å²) in [5.41, 5.74) is -0.126. The van der Waals surface area contributed by atoms with Gasteiger partial charge in [-0.3, -0.25) is 14.9 Å². The van der Waals surface area contributed by atoms with Gasteiger partial charge in [0.15, 0.2) is 11.5 Å². The van der Waals surface area contributed by atoms with Gasteiger partial charge in [0, 0.05) is 6.08 Å². The molecule has 0 aliphatic rings. The van der Waals surface area contributed by atoms with E-state index in [1.165, 1.54) is 13.2 Å². The molecule has 29 heavy (non-hydrogen) atoms. The van der Waals surface area contributed by atoms with Crippen LogP contribution in [0.4, 0.5) is 20.2 Å². The molecule has 0 aliphatic carbocycles. The van der Waals surface area contributed by atoms with Gasteiger partial charge in [-0.05, 0) is 31.2 Å². The second-order valence-electron chi connectivity index (χ2n) is 5.45. The first kappa shape index (κ1) is 21.6. The van der Waals surface area contributed by atoms with Gasteiger partial charge < -0.3 is 19.5 Å². The molecular weight excluding hydrogens is 390 g/mol. The zero-order valence-corrected chi connectivity index (χ0v) is 15.6. The number of carbonyl (C=O) groups is 1. The summed E-state index contributed by atoms with van der Waals surface area (Å²) in [4.78, 5) is 22.7. The number of rotatable bonds is 9. The number of benzene rings is 2. The molecular formula is C19H18F2N2O6. The highest BCUT2D eigenvalue weighted by atomic mass is 19.3. The van der Waals surface area contributed by atoms with E-state index in [0.717, 1.165) is 18.2 Å². The zero-order chi connectivity index (χ0) is 21.4. The van der Waals surface area contributed by atoms with Crippen molar-refractivity contribution in [3.05, 3.63) is 58.2 Å². The van der Waals surface area contributed by atoms with Gasteiger partial charge in [-0.2, -0.15) is 8.78 Å². The average Bonchev–Trinajstić information content (AvgIpc) is 2.67. The third-order valence-electron chi connectivity index (χ3n) is 3.58. The normalized spacial score (nSPS) is 10.8. The highest BCUT2D eigenvalue weighted by Gasteiger charge is 2.20. The highest BCUT2D eigenvalue weighted by Crippen LogP contribution is 2.36. The monoisotopic (exact) mass is 408 g/mol. The number of hydrogen-bond donors (Lipinski definition) is 1. The van der Waals surface area contributed by atoms with Crippen LogP contribution in [0.2, 0.25) is 0 Å². The largest absolute Gasteiger partial charge is 0.493 e. The van der Waals surface area contributed by atoms with Gasteiger partial charge in [0.1, 0.15) is 5.75 Å². The van der Waals surface area contributed by atoms with Crippen LogP contribution in [0.5, 0.6) is 17.2 Å². The van der Waals surface area contributed by atoms with Crippen LogP contribution >= 0.6 is 0 Å². The van der Waals surface area contributed by atoms with Crippen LogP contribution in [0.25, 0.3) is 6.08 Å². The molecule has 2 aromatic rings. The number of para-hydroxylation sites is 2. The molecule has 2 aromatic carbocycles. The Hall–Kier alpha value is -3.69. The number of amides is 1. The van der Waals surface area contributed by atoms with E-state index in [9.17, 15) is 23.7 Å². The zero-order valence-electron chi connectivity index (χ0n) is 15.6. The number of nitrogens with one attached hydrogen (secondary N) is 1. The van der Waals surface area contributed by atoms with Crippen molar-refractivity contribution in [1.29, 1.82) is 0 Å². The van der Waals surface area contributed by atoms with E-state index in [0.29, 0.717) is 18.0 Å². The summed E-state index contributed by atoms with van der Waals surface area (Å²) < 4.78 is 39.6. The highest BCUT2D eigenvalue weighted by molar-refractivity contribution is 6.03. The molecule has 0 saturated heterocycles. The fourth-order valence-electron chi connectivity index (χ4n) is 2.40. The maximum atomic E-state index is 12.5. The first-order valence-electron chi connectivity index (χ1n) is 8.37. The lowest BCUT2D eigenvalue weighted by Gasteiger charge is -2.11. The molecule has 0 aromatic heterocycles. The fourth-order valence-corrected chi connectivity index (χ4v) is 2.40. The lowest BCUT2D eigenvalue weighted by Crippen LogP contribution is -2.09. The number of carbonyl (C=O) groups excluding carboxylic acids is 1. The minimum Gasteiger partial charge on any atom is -0.493 e. The smallest absolute Gasteiger partial charge is 0.387 e. The van der Waals surface area contributed by atoms with E-state index in [4.69, 9.17) is 9.47 Å². The third kappa shape index (κ3) is 5.89. The van der Waals surface area contributed by atoms with E-state index >= 15 is 0 Å². The summed E-state index contributed by atoms with van der Waals surface area (Å²) in [6, 6.07) is 8.72. The van der Waals surface area contributed by atoms with Crippen molar-refractivity contribution in [3.63, 3.8) is 0 Å². The number of nitrogens with zero attached hydrogens (tertiary/aromatic N) is 1. The van der Waals surface area contributed by atoms with E-state index in [-0.39, 0.29) is 11.3 Å². The van der Waals surface area contributed by atoms with Gasteiger partial charge in [-0.1, -0.05) is 12.1 Å². The number of ether oxygens (including phenoxy) is 3. The minimum atomic E-state index is -3.18. The molecule has 1 N–H and O–H groups in total. The number of alkyl halides is 2. The minimum absolute atomic E-state index is 0.0262. The molecule has 1 amide bonds. The average molecular weight is 408 g/mol. The molecule has 2 rings (SSSR count). The van der Waals surface area contributed by atoms with E-state index in [1.54, 1.807) is 31.2 Å². The Balaban J connectivity index is 2.29. The van der Waals surface area contributed by atoms with Gasteiger partial charge >= 0.3 is 6.61 Å². The lowest BCUT2D eigenvalue weighted by molar-refractivity contribution is -0.385. The first-order valence-corrected chi connectivity index (χ1v) is 8.37. The molecule has 0 saturated carbocycles. The Labute approximate surface area is 164 Å². The Morgan fingerprint density at radius 3 is 2.59 bits per heavy atom. The molecule has 154 valence electrons. The Bertz CT molecular complexity index is 918. The topological polar surface area (TPSA) is 99.9 Å². The van der Waals surface area contributed by atoms with Crippen LogP contribution in [0.3, 0.4) is 0 Å². The summed E-state index contributed by atoms with van der Waals surface area (Å²) in [7, 11) is 1.20.